The van der Waals surface area contributed by atoms with Gasteiger partial charge in [0.25, 0.3) is 0 Å². The van der Waals surface area contributed by atoms with Gasteiger partial charge in [-0.1, -0.05) is 32.6 Å². The summed E-state index contributed by atoms with van der Waals surface area (Å²) in [5.74, 6) is 1.18. The molecule has 1 aliphatic carbocycles. The monoisotopic (exact) mass is 268 g/mol. The Kier molecular flexibility index (Phi) is 8.11. The third kappa shape index (κ3) is 5.94. The summed E-state index contributed by atoms with van der Waals surface area (Å²) < 4.78 is 0. The van der Waals surface area contributed by atoms with Crippen LogP contribution in [-0.2, 0) is 4.79 Å². The average Bonchev–Trinajstić information content (AvgIpc) is 2.64. The molecule has 0 saturated heterocycles. The zero-order valence-electron chi connectivity index (χ0n) is 13.1. The molecule has 2 atom stereocenters. The predicted molar refractivity (Wildman–Crippen MR) is 81.2 cm³/mol. The van der Waals surface area contributed by atoms with E-state index in [0.29, 0.717) is 12.6 Å². The molecular weight excluding hydrogens is 236 g/mol. The average molecular weight is 268 g/mol. The van der Waals surface area contributed by atoms with Crippen LogP contribution in [0.4, 0.5) is 0 Å². The first-order chi connectivity index (χ1) is 9.21. The van der Waals surface area contributed by atoms with Crippen molar-refractivity contribution in [2.24, 2.45) is 5.92 Å². The van der Waals surface area contributed by atoms with Gasteiger partial charge in [-0.15, -0.1) is 0 Å². The minimum Gasteiger partial charge on any atom is -0.342 e. The summed E-state index contributed by atoms with van der Waals surface area (Å²) in [5, 5.41) is 3.48. The van der Waals surface area contributed by atoms with Gasteiger partial charge in [0.1, 0.15) is 0 Å². The highest BCUT2D eigenvalue weighted by molar-refractivity contribution is 5.78. The SMILES string of the molecule is CCCC1CCCC(NCC(=O)N(CC)CC)CC1. The minimum atomic E-state index is 0.249. The Bertz CT molecular complexity index is 251. The van der Waals surface area contributed by atoms with Gasteiger partial charge in [0, 0.05) is 19.1 Å². The van der Waals surface area contributed by atoms with Crippen LogP contribution in [0.5, 0.6) is 0 Å². The van der Waals surface area contributed by atoms with E-state index in [1.165, 1.54) is 44.9 Å². The van der Waals surface area contributed by atoms with E-state index in [1.54, 1.807) is 0 Å². The second-order valence-corrected chi connectivity index (χ2v) is 5.81. The summed E-state index contributed by atoms with van der Waals surface area (Å²) in [6.07, 6.45) is 9.22. The Morgan fingerprint density at radius 3 is 2.47 bits per heavy atom. The number of rotatable bonds is 7. The van der Waals surface area contributed by atoms with E-state index >= 15 is 0 Å². The van der Waals surface area contributed by atoms with E-state index in [1.807, 2.05) is 18.7 Å². The molecule has 0 spiro atoms. The molecule has 0 bridgehead atoms. The normalized spacial score (nSPS) is 23.9. The molecule has 3 nitrogen and oxygen atoms in total. The number of hydrogen-bond donors (Lipinski definition) is 1. The van der Waals surface area contributed by atoms with Crippen LogP contribution in [0.2, 0.25) is 0 Å². The zero-order valence-corrected chi connectivity index (χ0v) is 13.1. The second-order valence-electron chi connectivity index (χ2n) is 5.81. The fourth-order valence-electron chi connectivity index (χ4n) is 3.20. The molecule has 0 aliphatic heterocycles. The van der Waals surface area contributed by atoms with E-state index in [0.717, 1.165) is 19.0 Å². The first kappa shape index (κ1) is 16.5. The van der Waals surface area contributed by atoms with Crippen LogP contribution < -0.4 is 5.32 Å². The topological polar surface area (TPSA) is 32.3 Å². The molecule has 2 unspecified atom stereocenters. The summed E-state index contributed by atoms with van der Waals surface area (Å²) in [6.45, 7) is 8.53. The van der Waals surface area contributed by atoms with Crippen LogP contribution >= 0.6 is 0 Å². The fraction of sp³-hybridized carbons (Fsp3) is 0.938. The number of carbonyl (C=O) groups excluding carboxylic acids is 1. The molecule has 112 valence electrons. The molecule has 0 aromatic rings. The van der Waals surface area contributed by atoms with Gasteiger partial charge in [0.2, 0.25) is 5.91 Å². The number of amides is 1. The number of nitrogens with zero attached hydrogens (tertiary/aromatic N) is 1. The molecule has 1 rings (SSSR count). The van der Waals surface area contributed by atoms with Crippen molar-refractivity contribution in [2.45, 2.75) is 71.8 Å². The van der Waals surface area contributed by atoms with Gasteiger partial charge in [-0.2, -0.15) is 0 Å². The van der Waals surface area contributed by atoms with Crippen molar-refractivity contribution < 1.29 is 4.79 Å². The quantitative estimate of drug-likeness (QED) is 0.719. The lowest BCUT2D eigenvalue weighted by Gasteiger charge is -2.21. The Hall–Kier alpha value is -0.570. The molecular formula is C16H32N2O. The van der Waals surface area contributed by atoms with Gasteiger partial charge >= 0.3 is 0 Å². The Balaban J connectivity index is 2.28. The van der Waals surface area contributed by atoms with Crippen LogP contribution in [-0.4, -0.2) is 36.5 Å². The number of hydrogen-bond acceptors (Lipinski definition) is 2. The molecule has 1 amide bonds. The molecule has 3 heteroatoms. The molecule has 0 heterocycles. The molecule has 1 N–H and O–H groups in total. The van der Waals surface area contributed by atoms with Gasteiger partial charge in [-0.25, -0.2) is 0 Å². The molecule has 1 aliphatic rings. The standard InChI is InChI=1S/C16H32N2O/c1-4-8-14-9-7-10-15(12-11-14)17-13-16(19)18(5-2)6-3/h14-15,17H,4-13H2,1-3H3. The lowest BCUT2D eigenvalue weighted by molar-refractivity contribution is -0.130. The molecule has 0 radical (unpaired) electrons. The van der Waals surface area contributed by atoms with Crippen molar-refractivity contribution in [2.75, 3.05) is 19.6 Å². The van der Waals surface area contributed by atoms with Gasteiger partial charge in [0.05, 0.1) is 6.54 Å². The highest BCUT2D eigenvalue weighted by Gasteiger charge is 2.19. The molecule has 1 fully saturated rings. The van der Waals surface area contributed by atoms with Crippen LogP contribution in [0.3, 0.4) is 0 Å². The summed E-state index contributed by atoms with van der Waals surface area (Å²) in [7, 11) is 0. The maximum absolute atomic E-state index is 12.0. The van der Waals surface area contributed by atoms with Crippen molar-refractivity contribution in [1.82, 2.24) is 10.2 Å². The lowest BCUT2D eigenvalue weighted by atomic mass is 9.95. The van der Waals surface area contributed by atoms with E-state index in [4.69, 9.17) is 0 Å². The Labute approximate surface area is 119 Å². The van der Waals surface area contributed by atoms with E-state index in [2.05, 4.69) is 12.2 Å². The van der Waals surface area contributed by atoms with Gasteiger partial charge < -0.3 is 10.2 Å². The number of likely N-dealkylation sites (N-methyl/N-ethyl adjacent to an activating group) is 1. The highest BCUT2D eigenvalue weighted by atomic mass is 16.2. The van der Waals surface area contributed by atoms with Crippen molar-refractivity contribution in [1.29, 1.82) is 0 Å². The highest BCUT2D eigenvalue weighted by Crippen LogP contribution is 2.26. The predicted octanol–water partition coefficient (Wildman–Crippen LogP) is 3.19. The fourth-order valence-corrected chi connectivity index (χ4v) is 3.20. The second kappa shape index (κ2) is 9.35. The van der Waals surface area contributed by atoms with E-state index < -0.39 is 0 Å². The Morgan fingerprint density at radius 1 is 1.11 bits per heavy atom. The zero-order chi connectivity index (χ0) is 14.1. The van der Waals surface area contributed by atoms with Crippen LogP contribution in [0.1, 0.15) is 65.7 Å². The van der Waals surface area contributed by atoms with Crippen molar-refractivity contribution in [3.8, 4) is 0 Å². The summed E-state index contributed by atoms with van der Waals surface area (Å²) in [6, 6.07) is 0.557. The van der Waals surface area contributed by atoms with E-state index in [-0.39, 0.29) is 5.91 Å². The smallest absolute Gasteiger partial charge is 0.236 e. The van der Waals surface area contributed by atoms with Crippen LogP contribution in [0.25, 0.3) is 0 Å². The lowest BCUT2D eigenvalue weighted by Crippen LogP contribution is -2.41. The number of carbonyl (C=O) groups is 1. The van der Waals surface area contributed by atoms with Gasteiger partial charge in [0.15, 0.2) is 0 Å². The third-order valence-corrected chi connectivity index (χ3v) is 4.44. The summed E-state index contributed by atoms with van der Waals surface area (Å²) >= 11 is 0. The summed E-state index contributed by atoms with van der Waals surface area (Å²) in [4.78, 5) is 13.9. The van der Waals surface area contributed by atoms with Crippen LogP contribution in [0.15, 0.2) is 0 Å². The number of nitrogens with one attached hydrogen (secondary N) is 1. The summed E-state index contributed by atoms with van der Waals surface area (Å²) in [5.41, 5.74) is 0. The molecule has 0 aromatic heterocycles. The van der Waals surface area contributed by atoms with Gasteiger partial charge in [-0.05, 0) is 39.0 Å². The van der Waals surface area contributed by atoms with Gasteiger partial charge in [-0.3, -0.25) is 4.79 Å². The van der Waals surface area contributed by atoms with Crippen molar-refractivity contribution in [3.63, 3.8) is 0 Å². The first-order valence-electron chi connectivity index (χ1n) is 8.22. The van der Waals surface area contributed by atoms with Crippen molar-refractivity contribution in [3.05, 3.63) is 0 Å². The maximum atomic E-state index is 12.0. The minimum absolute atomic E-state index is 0.249. The largest absolute Gasteiger partial charge is 0.342 e. The molecule has 1 saturated carbocycles. The molecule has 0 aromatic carbocycles. The molecule has 19 heavy (non-hydrogen) atoms. The maximum Gasteiger partial charge on any atom is 0.236 e. The van der Waals surface area contributed by atoms with E-state index in [9.17, 15) is 4.79 Å². The van der Waals surface area contributed by atoms with Crippen LogP contribution in [0, 0.1) is 5.92 Å². The van der Waals surface area contributed by atoms with Crippen molar-refractivity contribution >= 4 is 5.91 Å². The first-order valence-corrected chi connectivity index (χ1v) is 8.22. The third-order valence-electron chi connectivity index (χ3n) is 4.44. The Morgan fingerprint density at radius 2 is 1.84 bits per heavy atom.